The van der Waals surface area contributed by atoms with Crippen molar-refractivity contribution in [3.05, 3.63) is 48.1 Å². The lowest BCUT2D eigenvalue weighted by molar-refractivity contribution is -0.143. The Morgan fingerprint density at radius 1 is 1.13 bits per heavy atom. The maximum Gasteiger partial charge on any atom is 0.408 e. The number of likely N-dealkylation sites (tertiary alicyclic amines) is 1. The number of carbonyl (C=O) groups excluding carboxylic acids is 4. The van der Waals surface area contributed by atoms with E-state index >= 15 is 0 Å². The Balaban J connectivity index is 1.27. The largest absolute Gasteiger partial charge is 0.488 e. The van der Waals surface area contributed by atoms with Crippen molar-refractivity contribution in [2.45, 2.75) is 126 Å². The van der Waals surface area contributed by atoms with Gasteiger partial charge >= 0.3 is 6.09 Å². The number of rotatable bonds is 13. The molecule has 5 atom stereocenters. The molecule has 3 N–H and O–H groups in total. The third kappa shape index (κ3) is 7.99. The average Bonchev–Trinajstić information content (AvgIpc) is 3.91. The lowest BCUT2D eigenvalue weighted by Crippen LogP contribution is -2.60. The van der Waals surface area contributed by atoms with Gasteiger partial charge in [0.1, 0.15) is 35.6 Å². The number of alkyl carbamates (subject to hydrolysis) is 1. The maximum atomic E-state index is 14.6. The zero-order valence-electron chi connectivity index (χ0n) is 30.8. The number of nitrogens with zero attached hydrogens (tertiary/aromatic N) is 2. The fraction of sp³-hybridized carbons (Fsp3) is 0.605. The van der Waals surface area contributed by atoms with Crippen LogP contribution in [0.25, 0.3) is 10.9 Å². The molecule has 1 aliphatic heterocycles. The second kappa shape index (κ2) is 14.7. The zero-order chi connectivity index (χ0) is 38.3. The highest BCUT2D eigenvalue weighted by Gasteiger charge is 2.63. The molecule has 4 fully saturated rings. The Bertz CT molecular complexity index is 1890. The molecule has 2 heterocycles. The summed E-state index contributed by atoms with van der Waals surface area (Å²) in [5.74, 6) is -2.04. The highest BCUT2D eigenvalue weighted by Crippen LogP contribution is 2.49. The monoisotopic (exact) mass is 771 g/mol. The minimum absolute atomic E-state index is 0.0156. The quantitative estimate of drug-likeness (QED) is 0.233. The second-order valence-electron chi connectivity index (χ2n) is 16.1. The molecule has 15 heteroatoms. The van der Waals surface area contributed by atoms with E-state index in [0.717, 1.165) is 25.7 Å². The van der Waals surface area contributed by atoms with E-state index in [4.69, 9.17) is 21.1 Å². The molecule has 1 saturated heterocycles. The summed E-state index contributed by atoms with van der Waals surface area (Å²) in [6.07, 6.45) is 7.13. The number of sulfonamides is 1. The Kier molecular flexibility index (Phi) is 10.8. The molecule has 3 saturated carbocycles. The van der Waals surface area contributed by atoms with Crippen molar-refractivity contribution in [2.75, 3.05) is 6.54 Å². The molecule has 53 heavy (non-hydrogen) atoms. The molecular formula is C38H50ClN5O8S. The first-order chi connectivity index (χ1) is 25.0. The van der Waals surface area contributed by atoms with Crippen LogP contribution in [-0.2, 0) is 29.1 Å². The molecule has 3 aliphatic carbocycles. The lowest BCUT2D eigenvalue weighted by Gasteiger charge is -2.35. The van der Waals surface area contributed by atoms with Crippen molar-refractivity contribution in [2.24, 2.45) is 11.3 Å². The smallest absolute Gasteiger partial charge is 0.408 e. The van der Waals surface area contributed by atoms with Gasteiger partial charge in [-0.15, -0.1) is 6.58 Å². The van der Waals surface area contributed by atoms with Gasteiger partial charge in [0.2, 0.25) is 21.8 Å². The van der Waals surface area contributed by atoms with Crippen LogP contribution in [0.4, 0.5) is 4.79 Å². The van der Waals surface area contributed by atoms with Gasteiger partial charge in [-0.1, -0.05) is 51.8 Å². The van der Waals surface area contributed by atoms with E-state index in [2.05, 4.69) is 26.9 Å². The van der Waals surface area contributed by atoms with Crippen LogP contribution >= 0.6 is 11.6 Å². The molecule has 0 radical (unpaired) electrons. The molecule has 2 aromatic rings. The summed E-state index contributed by atoms with van der Waals surface area (Å²) in [5, 5.41) is 6.80. The highest BCUT2D eigenvalue weighted by atomic mass is 35.5. The summed E-state index contributed by atoms with van der Waals surface area (Å²) in [4.78, 5) is 61.5. The van der Waals surface area contributed by atoms with Crippen LogP contribution in [0.5, 0.6) is 5.75 Å². The lowest BCUT2D eigenvalue weighted by atomic mass is 9.85. The number of pyridine rings is 1. The number of halogens is 1. The molecule has 0 bridgehead atoms. The van der Waals surface area contributed by atoms with Crippen LogP contribution in [0.3, 0.4) is 0 Å². The zero-order valence-corrected chi connectivity index (χ0v) is 32.4. The summed E-state index contributed by atoms with van der Waals surface area (Å²) in [7, 11) is -4.01. The van der Waals surface area contributed by atoms with Gasteiger partial charge in [-0.3, -0.25) is 24.1 Å². The number of fused-ring (bicyclic) bond motifs is 1. The predicted octanol–water partition coefficient (Wildman–Crippen LogP) is 5.16. The van der Waals surface area contributed by atoms with Crippen LogP contribution in [-0.4, -0.2) is 83.2 Å². The normalized spacial score (nSPS) is 25.7. The first-order valence-electron chi connectivity index (χ1n) is 18.5. The van der Waals surface area contributed by atoms with Crippen molar-refractivity contribution >= 4 is 56.3 Å². The van der Waals surface area contributed by atoms with E-state index in [9.17, 15) is 27.6 Å². The van der Waals surface area contributed by atoms with Gasteiger partial charge in [0.05, 0.1) is 16.8 Å². The molecule has 1 aromatic carbocycles. The molecule has 1 aromatic heterocycles. The van der Waals surface area contributed by atoms with Crippen LogP contribution < -0.4 is 20.1 Å². The predicted molar refractivity (Wildman–Crippen MR) is 200 cm³/mol. The molecule has 288 valence electrons. The van der Waals surface area contributed by atoms with E-state index in [0.29, 0.717) is 47.4 Å². The van der Waals surface area contributed by atoms with Gasteiger partial charge in [0.25, 0.3) is 5.91 Å². The van der Waals surface area contributed by atoms with Gasteiger partial charge in [-0.2, -0.15) is 0 Å². The Labute approximate surface area is 316 Å². The molecular weight excluding hydrogens is 722 g/mol. The van der Waals surface area contributed by atoms with Crippen LogP contribution in [0.1, 0.15) is 91.9 Å². The molecule has 6 rings (SSSR count). The number of hydrogen-bond acceptors (Lipinski definition) is 9. The highest BCUT2D eigenvalue weighted by molar-refractivity contribution is 7.91. The first kappa shape index (κ1) is 38.8. The van der Waals surface area contributed by atoms with E-state index < -0.39 is 73.6 Å². The Morgan fingerprint density at radius 3 is 2.47 bits per heavy atom. The SMILES string of the molecule is C=CC1CC1(NC(=O)C1CC(Oc2ccnc3cc(Cl)ccc23)CN1C(=O)C(NC(=O)OC1CCCC1)C(C)(C)C)C(=O)NS(=O)(=O)C1(CCC)CC1. The molecule has 4 amide bonds. The second-order valence-corrected chi connectivity index (χ2v) is 18.6. The molecule has 5 unspecified atom stereocenters. The number of carbonyl (C=O) groups is 4. The minimum atomic E-state index is -4.01. The molecule has 13 nitrogen and oxygen atoms in total. The Morgan fingerprint density at radius 2 is 1.85 bits per heavy atom. The molecule has 0 spiro atoms. The molecule has 4 aliphatic rings. The van der Waals surface area contributed by atoms with Gasteiger partial charge < -0.3 is 25.0 Å². The average molecular weight is 772 g/mol. The fourth-order valence-corrected chi connectivity index (χ4v) is 9.70. The number of hydrogen-bond donors (Lipinski definition) is 3. The van der Waals surface area contributed by atoms with Crippen LogP contribution in [0.2, 0.25) is 5.02 Å². The number of nitrogens with one attached hydrogen (secondary N) is 3. The third-order valence-corrected chi connectivity index (χ3v) is 13.6. The van der Waals surface area contributed by atoms with Crippen molar-refractivity contribution in [1.82, 2.24) is 25.2 Å². The van der Waals surface area contributed by atoms with E-state index in [1.807, 2.05) is 27.7 Å². The van der Waals surface area contributed by atoms with Crippen LogP contribution in [0.15, 0.2) is 43.1 Å². The van der Waals surface area contributed by atoms with E-state index in [1.54, 1.807) is 30.5 Å². The van der Waals surface area contributed by atoms with Crippen molar-refractivity contribution < 1.29 is 37.1 Å². The Hall–Kier alpha value is -3.91. The van der Waals surface area contributed by atoms with Gasteiger partial charge in [-0.25, -0.2) is 13.2 Å². The number of ether oxygens (including phenoxy) is 2. The number of amides is 4. The third-order valence-electron chi connectivity index (χ3n) is 11.1. The summed E-state index contributed by atoms with van der Waals surface area (Å²) >= 11 is 6.20. The maximum absolute atomic E-state index is 14.6. The van der Waals surface area contributed by atoms with E-state index in [1.165, 1.54) is 11.0 Å². The van der Waals surface area contributed by atoms with Crippen molar-refractivity contribution in [3.8, 4) is 5.75 Å². The van der Waals surface area contributed by atoms with Crippen molar-refractivity contribution in [3.63, 3.8) is 0 Å². The van der Waals surface area contributed by atoms with Crippen molar-refractivity contribution in [1.29, 1.82) is 0 Å². The van der Waals surface area contributed by atoms with Gasteiger partial charge in [-0.05, 0) is 81.0 Å². The van der Waals surface area contributed by atoms with Crippen LogP contribution in [0, 0.1) is 11.3 Å². The summed E-state index contributed by atoms with van der Waals surface area (Å²) in [5.41, 5.74) is -1.74. The minimum Gasteiger partial charge on any atom is -0.488 e. The topological polar surface area (TPSA) is 173 Å². The standard InChI is InChI=1S/C38H50ClN5O8S/c1-6-15-37(16-17-37)53(49,50)43-34(47)38(21-23(38)7-2)42-32(45)29-20-26(51-30-14-18-40-28-19-24(39)12-13-27(28)30)22-44(29)33(46)31(36(3,4)5)41-35(48)52-25-10-8-9-11-25/h7,12-14,18-19,23,25-26,29,31H,2,6,8-11,15-17,20-22H2,1,3-5H3,(H,41,48)(H,42,45)(H,43,47). The summed E-state index contributed by atoms with van der Waals surface area (Å²) in [6, 6.07) is 4.69. The fourth-order valence-electron chi connectivity index (χ4n) is 7.78. The van der Waals surface area contributed by atoms with Gasteiger partial charge in [0.15, 0.2) is 0 Å². The first-order valence-corrected chi connectivity index (χ1v) is 20.4. The van der Waals surface area contributed by atoms with Gasteiger partial charge in [0, 0.05) is 28.9 Å². The summed E-state index contributed by atoms with van der Waals surface area (Å²) < 4.78 is 40.1. The number of aromatic nitrogens is 1. The summed E-state index contributed by atoms with van der Waals surface area (Å²) in [6.45, 7) is 11.1. The van der Waals surface area contributed by atoms with E-state index in [-0.39, 0.29) is 25.5 Å². The number of benzene rings is 1.